The Balaban J connectivity index is 2.09. The number of hydrogen-bond donors (Lipinski definition) is 1. The number of aliphatic hydroxyl groups excluding tert-OH is 1. The van der Waals surface area contributed by atoms with Crippen LogP contribution in [0.3, 0.4) is 0 Å². The third-order valence-corrected chi connectivity index (χ3v) is 4.54. The number of aliphatic hydroxyl groups is 1. The Morgan fingerprint density at radius 1 is 1.21 bits per heavy atom. The second kappa shape index (κ2) is 6.06. The Morgan fingerprint density at radius 3 is 2.42 bits per heavy atom. The quantitative estimate of drug-likeness (QED) is 0.898. The highest BCUT2D eigenvalue weighted by Gasteiger charge is 2.27. The molecule has 1 saturated heterocycles. The molecule has 0 saturated carbocycles. The van der Waals surface area contributed by atoms with E-state index in [4.69, 9.17) is 0 Å². The lowest BCUT2D eigenvalue weighted by atomic mass is 9.95. The molecule has 2 nitrogen and oxygen atoms in total. The van der Waals surface area contributed by atoms with E-state index in [0.717, 1.165) is 12.1 Å². The molecule has 0 spiro atoms. The Morgan fingerprint density at radius 2 is 1.84 bits per heavy atom. The first kappa shape index (κ1) is 14.5. The first-order valence-electron chi connectivity index (χ1n) is 7.50. The molecule has 0 aromatic heterocycles. The van der Waals surface area contributed by atoms with Crippen molar-refractivity contribution in [1.82, 2.24) is 4.90 Å². The fourth-order valence-corrected chi connectivity index (χ4v) is 3.33. The summed E-state index contributed by atoms with van der Waals surface area (Å²) in [4.78, 5) is 2.47. The SMILES string of the molecule is Cc1ccc(C(O)CN2[C@H](C)CCC[C@@H]2C)c(C)c1. The van der Waals surface area contributed by atoms with Crippen LogP contribution in [0.5, 0.6) is 0 Å². The number of β-amino-alcohol motifs (C(OH)–C–C–N with tert-alkyl or cyclic N) is 1. The fourth-order valence-electron chi connectivity index (χ4n) is 3.33. The predicted molar refractivity (Wildman–Crippen MR) is 80.4 cm³/mol. The van der Waals surface area contributed by atoms with Gasteiger partial charge in [-0.2, -0.15) is 0 Å². The molecule has 0 amide bonds. The first-order chi connectivity index (χ1) is 8.99. The van der Waals surface area contributed by atoms with Gasteiger partial charge in [-0.25, -0.2) is 0 Å². The molecule has 1 aromatic rings. The average Bonchev–Trinajstić information content (AvgIpc) is 2.33. The summed E-state index contributed by atoms with van der Waals surface area (Å²) >= 11 is 0. The van der Waals surface area contributed by atoms with E-state index in [-0.39, 0.29) is 6.10 Å². The summed E-state index contributed by atoms with van der Waals surface area (Å²) in [5, 5.41) is 10.5. The van der Waals surface area contributed by atoms with Crippen molar-refractivity contribution in [2.75, 3.05) is 6.54 Å². The molecular weight excluding hydrogens is 234 g/mol. The van der Waals surface area contributed by atoms with E-state index in [0.29, 0.717) is 12.1 Å². The lowest BCUT2D eigenvalue weighted by molar-refractivity contribution is 0.0409. The third-order valence-electron chi connectivity index (χ3n) is 4.54. The van der Waals surface area contributed by atoms with Crippen molar-refractivity contribution in [2.45, 2.75) is 65.1 Å². The highest BCUT2D eigenvalue weighted by atomic mass is 16.3. The van der Waals surface area contributed by atoms with E-state index in [2.05, 4.69) is 50.8 Å². The third kappa shape index (κ3) is 3.37. The van der Waals surface area contributed by atoms with E-state index in [1.165, 1.54) is 30.4 Å². The van der Waals surface area contributed by atoms with Gasteiger partial charge in [0.1, 0.15) is 0 Å². The normalized spacial score (nSPS) is 26.4. The second-order valence-corrected chi connectivity index (χ2v) is 6.20. The van der Waals surface area contributed by atoms with Crippen LogP contribution in [-0.4, -0.2) is 28.6 Å². The van der Waals surface area contributed by atoms with Crippen LogP contribution in [0.25, 0.3) is 0 Å². The van der Waals surface area contributed by atoms with Crippen LogP contribution < -0.4 is 0 Å². The Kier molecular flexibility index (Phi) is 4.64. The first-order valence-corrected chi connectivity index (χ1v) is 7.50. The summed E-state index contributed by atoms with van der Waals surface area (Å²) in [6, 6.07) is 7.50. The van der Waals surface area contributed by atoms with Crippen molar-refractivity contribution in [3.05, 3.63) is 34.9 Å². The average molecular weight is 261 g/mol. The van der Waals surface area contributed by atoms with E-state index >= 15 is 0 Å². The zero-order chi connectivity index (χ0) is 14.0. The second-order valence-electron chi connectivity index (χ2n) is 6.20. The maximum absolute atomic E-state index is 10.5. The number of likely N-dealkylation sites (tertiary alicyclic amines) is 1. The van der Waals surface area contributed by atoms with Crippen molar-refractivity contribution in [3.63, 3.8) is 0 Å². The summed E-state index contributed by atoms with van der Waals surface area (Å²) in [5.41, 5.74) is 3.54. The van der Waals surface area contributed by atoms with E-state index < -0.39 is 0 Å². The molecule has 2 rings (SSSR count). The minimum absolute atomic E-state index is 0.372. The van der Waals surface area contributed by atoms with Gasteiger partial charge in [-0.15, -0.1) is 0 Å². The van der Waals surface area contributed by atoms with Gasteiger partial charge in [-0.05, 0) is 51.7 Å². The van der Waals surface area contributed by atoms with Gasteiger partial charge < -0.3 is 5.11 Å². The van der Waals surface area contributed by atoms with Crippen molar-refractivity contribution in [2.24, 2.45) is 0 Å². The summed E-state index contributed by atoms with van der Waals surface area (Å²) in [6.07, 6.45) is 3.45. The summed E-state index contributed by atoms with van der Waals surface area (Å²) in [5.74, 6) is 0. The Labute approximate surface area is 117 Å². The van der Waals surface area contributed by atoms with Crippen LogP contribution in [0.1, 0.15) is 55.9 Å². The van der Waals surface area contributed by atoms with Gasteiger partial charge >= 0.3 is 0 Å². The van der Waals surface area contributed by atoms with Crippen molar-refractivity contribution in [1.29, 1.82) is 0 Å². The van der Waals surface area contributed by atoms with Crippen LogP contribution >= 0.6 is 0 Å². The molecule has 1 fully saturated rings. The zero-order valence-electron chi connectivity index (χ0n) is 12.7. The van der Waals surface area contributed by atoms with E-state index in [9.17, 15) is 5.11 Å². The van der Waals surface area contributed by atoms with Gasteiger partial charge in [0, 0.05) is 18.6 Å². The predicted octanol–water partition coefficient (Wildman–Crippen LogP) is 3.60. The van der Waals surface area contributed by atoms with Crippen molar-refractivity contribution in [3.8, 4) is 0 Å². The molecule has 0 bridgehead atoms. The monoisotopic (exact) mass is 261 g/mol. The summed E-state index contributed by atoms with van der Waals surface area (Å²) in [6.45, 7) is 9.51. The Hall–Kier alpha value is -0.860. The molecular formula is C17H27NO. The zero-order valence-corrected chi connectivity index (χ0v) is 12.7. The lowest BCUT2D eigenvalue weighted by Gasteiger charge is -2.40. The van der Waals surface area contributed by atoms with Gasteiger partial charge in [0.15, 0.2) is 0 Å². The largest absolute Gasteiger partial charge is 0.387 e. The van der Waals surface area contributed by atoms with Crippen LogP contribution in [0.4, 0.5) is 0 Å². The highest BCUT2D eigenvalue weighted by Crippen LogP contribution is 2.27. The van der Waals surface area contributed by atoms with Gasteiger partial charge in [-0.1, -0.05) is 30.2 Å². The molecule has 0 aliphatic carbocycles. The van der Waals surface area contributed by atoms with E-state index in [1.807, 2.05) is 0 Å². The van der Waals surface area contributed by atoms with Gasteiger partial charge in [-0.3, -0.25) is 4.90 Å². The molecule has 1 aromatic carbocycles. The maximum atomic E-state index is 10.5. The highest BCUT2D eigenvalue weighted by molar-refractivity contribution is 5.32. The van der Waals surface area contributed by atoms with E-state index in [1.54, 1.807) is 0 Å². The van der Waals surface area contributed by atoms with Gasteiger partial charge in [0.25, 0.3) is 0 Å². The number of aryl methyl sites for hydroxylation is 2. The molecule has 2 heteroatoms. The molecule has 19 heavy (non-hydrogen) atoms. The van der Waals surface area contributed by atoms with Crippen LogP contribution in [0.15, 0.2) is 18.2 Å². The number of nitrogens with zero attached hydrogens (tertiary/aromatic N) is 1. The molecule has 106 valence electrons. The number of hydrogen-bond acceptors (Lipinski definition) is 2. The molecule has 1 aliphatic rings. The Bertz CT molecular complexity index is 419. The molecule has 1 heterocycles. The molecule has 1 aliphatic heterocycles. The van der Waals surface area contributed by atoms with Crippen LogP contribution in [-0.2, 0) is 0 Å². The minimum atomic E-state index is -0.372. The number of benzene rings is 1. The fraction of sp³-hybridized carbons (Fsp3) is 0.647. The van der Waals surface area contributed by atoms with Crippen molar-refractivity contribution < 1.29 is 5.11 Å². The van der Waals surface area contributed by atoms with Crippen molar-refractivity contribution >= 4 is 0 Å². The number of rotatable bonds is 3. The maximum Gasteiger partial charge on any atom is 0.0919 e. The standard InChI is InChI=1S/C17H27NO/c1-12-8-9-16(13(2)10-12)17(19)11-18-14(3)6-5-7-15(18)4/h8-10,14-15,17,19H,5-7,11H2,1-4H3/t14-,15+,17?. The summed E-state index contributed by atoms with van der Waals surface area (Å²) < 4.78 is 0. The molecule has 1 unspecified atom stereocenters. The molecule has 0 radical (unpaired) electrons. The van der Waals surface area contributed by atoms with Crippen LogP contribution in [0.2, 0.25) is 0 Å². The lowest BCUT2D eigenvalue weighted by Crippen LogP contribution is -2.45. The van der Waals surface area contributed by atoms with Crippen LogP contribution in [0, 0.1) is 13.8 Å². The molecule has 3 atom stereocenters. The topological polar surface area (TPSA) is 23.5 Å². The molecule has 1 N–H and O–H groups in total. The smallest absolute Gasteiger partial charge is 0.0919 e. The minimum Gasteiger partial charge on any atom is -0.387 e. The van der Waals surface area contributed by atoms with Gasteiger partial charge in [0.05, 0.1) is 6.10 Å². The number of piperidine rings is 1. The van der Waals surface area contributed by atoms with Gasteiger partial charge in [0.2, 0.25) is 0 Å². The summed E-state index contributed by atoms with van der Waals surface area (Å²) in [7, 11) is 0.